The SMILES string of the molecule is CCN[C@H]1CN(CCCOC)S(=O)(=O)c2sc(S(=O)(=O)NC(=O)CSCCO[N+](=O)[O-])cc21. The Morgan fingerprint density at radius 2 is 2.15 bits per heavy atom. The van der Waals surface area contributed by atoms with Crippen molar-refractivity contribution < 1.29 is 36.3 Å². The van der Waals surface area contributed by atoms with Gasteiger partial charge in [-0.15, -0.1) is 33.2 Å². The third kappa shape index (κ3) is 7.49. The number of rotatable bonds is 14. The van der Waals surface area contributed by atoms with E-state index in [1.54, 1.807) is 0 Å². The van der Waals surface area contributed by atoms with Crippen molar-refractivity contribution in [2.24, 2.45) is 0 Å². The summed E-state index contributed by atoms with van der Waals surface area (Å²) in [5.74, 6) is -0.986. The molecule has 1 aromatic rings. The van der Waals surface area contributed by atoms with E-state index in [2.05, 4.69) is 10.2 Å². The summed E-state index contributed by atoms with van der Waals surface area (Å²) in [6.45, 7) is 2.93. The molecule has 0 bridgehead atoms. The summed E-state index contributed by atoms with van der Waals surface area (Å²) in [6.07, 6.45) is 0.487. The third-order valence-electron chi connectivity index (χ3n) is 4.42. The zero-order valence-electron chi connectivity index (χ0n) is 18.0. The monoisotopic (exact) mass is 546 g/mol. The Morgan fingerprint density at radius 3 is 2.79 bits per heavy atom. The molecule has 188 valence electrons. The van der Waals surface area contributed by atoms with Crippen molar-refractivity contribution in [3.63, 3.8) is 0 Å². The van der Waals surface area contributed by atoms with Crippen LogP contribution in [0, 0.1) is 10.1 Å². The van der Waals surface area contributed by atoms with E-state index < -0.39 is 37.1 Å². The molecule has 1 amide bonds. The number of hydrogen-bond donors (Lipinski definition) is 2. The number of sulfonamides is 2. The van der Waals surface area contributed by atoms with Gasteiger partial charge in [-0.05, 0) is 19.0 Å². The molecule has 0 saturated carbocycles. The Hall–Kier alpha value is -1.50. The third-order valence-corrected chi connectivity index (χ3v) is 10.7. The van der Waals surface area contributed by atoms with Crippen molar-refractivity contribution in [3.8, 4) is 0 Å². The Kier molecular flexibility index (Phi) is 10.3. The standard InChI is InChI=1S/C16H26N4O9S4/c1-3-17-13-10-19(5-4-6-28-2)33(26,27)16-12(13)9-15(31-16)32(24,25)18-14(21)11-30-8-7-29-20(22)23/h9,13,17H,3-8,10-11H2,1-2H3,(H,18,21)/t13-/m0/s1. The smallest absolute Gasteiger partial charge is 0.294 e. The van der Waals surface area contributed by atoms with Gasteiger partial charge in [0.25, 0.3) is 25.1 Å². The average molecular weight is 547 g/mol. The predicted molar refractivity (Wildman–Crippen MR) is 122 cm³/mol. The summed E-state index contributed by atoms with van der Waals surface area (Å²) in [5, 5.41) is 12.3. The highest BCUT2D eigenvalue weighted by Gasteiger charge is 2.40. The molecule has 2 rings (SSSR count). The van der Waals surface area contributed by atoms with Crippen LogP contribution in [0.3, 0.4) is 0 Å². The summed E-state index contributed by atoms with van der Waals surface area (Å²) in [5.41, 5.74) is 0.351. The van der Waals surface area contributed by atoms with Crippen LogP contribution in [-0.2, 0) is 34.4 Å². The normalized spacial score (nSPS) is 17.9. The number of fused-ring (bicyclic) bond motifs is 1. The minimum absolute atomic E-state index is 0.0729. The van der Waals surface area contributed by atoms with Crippen molar-refractivity contribution in [3.05, 3.63) is 21.7 Å². The molecule has 0 spiro atoms. The van der Waals surface area contributed by atoms with E-state index in [-0.39, 0.29) is 39.6 Å². The fraction of sp³-hybridized carbons (Fsp3) is 0.688. The summed E-state index contributed by atoms with van der Waals surface area (Å²) in [4.78, 5) is 26.2. The molecule has 0 unspecified atom stereocenters. The van der Waals surface area contributed by atoms with Crippen LogP contribution in [0.4, 0.5) is 0 Å². The van der Waals surface area contributed by atoms with Crippen molar-refractivity contribution >= 4 is 49.1 Å². The summed E-state index contributed by atoms with van der Waals surface area (Å²) in [6, 6.07) is 0.884. The predicted octanol–water partition coefficient (Wildman–Crippen LogP) is 0.186. The van der Waals surface area contributed by atoms with E-state index in [1.165, 1.54) is 17.5 Å². The van der Waals surface area contributed by atoms with Crippen LogP contribution in [0.5, 0.6) is 0 Å². The molecule has 33 heavy (non-hydrogen) atoms. The Bertz CT molecular complexity index is 1040. The zero-order chi connectivity index (χ0) is 24.6. The van der Waals surface area contributed by atoms with Gasteiger partial charge in [0.15, 0.2) is 0 Å². The number of likely N-dealkylation sites (N-methyl/N-ethyl adjacent to an activating group) is 1. The molecule has 0 aliphatic carbocycles. The highest BCUT2D eigenvalue weighted by Crippen LogP contribution is 2.40. The minimum atomic E-state index is -4.30. The van der Waals surface area contributed by atoms with E-state index in [0.29, 0.717) is 36.5 Å². The van der Waals surface area contributed by atoms with Gasteiger partial charge in [-0.25, -0.2) is 21.6 Å². The van der Waals surface area contributed by atoms with Gasteiger partial charge in [0.05, 0.1) is 5.75 Å². The first-order valence-electron chi connectivity index (χ1n) is 9.79. The first kappa shape index (κ1) is 27.7. The maximum absolute atomic E-state index is 13.1. The van der Waals surface area contributed by atoms with Gasteiger partial charge >= 0.3 is 0 Å². The lowest BCUT2D eigenvalue weighted by Crippen LogP contribution is -2.43. The first-order valence-corrected chi connectivity index (χ1v) is 14.7. The molecule has 1 aliphatic rings. The number of carbonyl (C=O) groups is 1. The molecule has 13 nitrogen and oxygen atoms in total. The largest absolute Gasteiger partial charge is 0.385 e. The molecule has 1 atom stereocenters. The number of amides is 1. The average Bonchev–Trinajstić information content (AvgIpc) is 3.19. The number of methoxy groups -OCH3 is 1. The highest BCUT2D eigenvalue weighted by molar-refractivity contribution is 8.00. The molecule has 2 heterocycles. The second-order valence-electron chi connectivity index (χ2n) is 6.77. The molecule has 1 aromatic heterocycles. The zero-order valence-corrected chi connectivity index (χ0v) is 21.3. The van der Waals surface area contributed by atoms with Crippen molar-refractivity contribution in [2.75, 3.05) is 51.5 Å². The second kappa shape index (κ2) is 12.3. The van der Waals surface area contributed by atoms with Crippen LogP contribution >= 0.6 is 23.1 Å². The molecule has 2 N–H and O–H groups in total. The summed E-state index contributed by atoms with van der Waals surface area (Å²) >= 11 is 1.55. The van der Waals surface area contributed by atoms with E-state index in [1.807, 2.05) is 11.6 Å². The van der Waals surface area contributed by atoms with Gasteiger partial charge in [0, 0.05) is 44.2 Å². The lowest BCUT2D eigenvalue weighted by atomic mass is 10.1. The lowest BCUT2D eigenvalue weighted by Gasteiger charge is -2.32. The Balaban J connectivity index is 2.17. The fourth-order valence-electron chi connectivity index (χ4n) is 3.04. The maximum atomic E-state index is 13.1. The molecule has 0 saturated heterocycles. The van der Waals surface area contributed by atoms with Crippen molar-refractivity contribution in [1.82, 2.24) is 14.3 Å². The van der Waals surface area contributed by atoms with Gasteiger partial charge < -0.3 is 14.9 Å². The van der Waals surface area contributed by atoms with Gasteiger partial charge in [0.1, 0.15) is 15.0 Å². The molecule has 1 aliphatic heterocycles. The molecule has 0 radical (unpaired) electrons. The van der Waals surface area contributed by atoms with Crippen LogP contribution in [0.25, 0.3) is 0 Å². The van der Waals surface area contributed by atoms with E-state index in [9.17, 15) is 31.7 Å². The number of thioether (sulfide) groups is 1. The molecule has 0 aromatic carbocycles. The highest BCUT2D eigenvalue weighted by atomic mass is 32.3. The van der Waals surface area contributed by atoms with Crippen LogP contribution in [-0.4, -0.2) is 83.6 Å². The lowest BCUT2D eigenvalue weighted by molar-refractivity contribution is -0.756. The van der Waals surface area contributed by atoms with Gasteiger partial charge in [-0.1, -0.05) is 6.92 Å². The van der Waals surface area contributed by atoms with Crippen LogP contribution in [0.2, 0.25) is 0 Å². The van der Waals surface area contributed by atoms with E-state index in [4.69, 9.17) is 4.74 Å². The van der Waals surface area contributed by atoms with Crippen LogP contribution in [0.15, 0.2) is 14.5 Å². The number of carbonyl (C=O) groups excluding carboxylic acids is 1. The number of thiophene rings is 1. The fourth-order valence-corrected chi connectivity index (χ4v) is 8.60. The van der Waals surface area contributed by atoms with E-state index in [0.717, 1.165) is 11.8 Å². The van der Waals surface area contributed by atoms with Crippen LogP contribution < -0.4 is 10.0 Å². The van der Waals surface area contributed by atoms with E-state index >= 15 is 0 Å². The van der Waals surface area contributed by atoms with Gasteiger partial charge in [-0.3, -0.25) is 4.79 Å². The molecular weight excluding hydrogens is 520 g/mol. The number of nitrogens with one attached hydrogen (secondary N) is 2. The van der Waals surface area contributed by atoms with Gasteiger partial charge in [0.2, 0.25) is 5.91 Å². The molecular formula is C16H26N4O9S4. The number of nitrogens with zero attached hydrogens (tertiary/aromatic N) is 2. The summed E-state index contributed by atoms with van der Waals surface area (Å²) in [7, 11) is -6.68. The molecule has 17 heteroatoms. The number of hydrogen-bond acceptors (Lipinski definition) is 12. The summed E-state index contributed by atoms with van der Waals surface area (Å²) < 4.78 is 59.4. The van der Waals surface area contributed by atoms with Crippen molar-refractivity contribution in [1.29, 1.82) is 0 Å². The first-order chi connectivity index (χ1) is 15.5. The number of ether oxygens (including phenoxy) is 1. The van der Waals surface area contributed by atoms with Gasteiger partial charge in [-0.2, -0.15) is 4.31 Å². The molecule has 0 fully saturated rings. The Labute approximate surface area is 200 Å². The topological polar surface area (TPSA) is 174 Å². The maximum Gasteiger partial charge on any atom is 0.294 e. The van der Waals surface area contributed by atoms with Crippen molar-refractivity contribution in [2.45, 2.75) is 27.8 Å². The second-order valence-corrected chi connectivity index (χ2v) is 13.0. The quantitative estimate of drug-likeness (QED) is 0.185. The Morgan fingerprint density at radius 1 is 1.42 bits per heavy atom. The minimum Gasteiger partial charge on any atom is -0.385 e. The van der Waals surface area contributed by atoms with Crippen LogP contribution in [0.1, 0.15) is 24.9 Å².